The number of hydrogen-bond donors (Lipinski definition) is 3. The van der Waals surface area contributed by atoms with Crippen molar-refractivity contribution < 1.29 is 0 Å². The molecule has 3 nitrogen and oxygen atoms in total. The number of para-hydroxylation sites is 3. The monoisotopic (exact) mass is 485 g/mol. The van der Waals surface area contributed by atoms with Gasteiger partial charge in [0.25, 0.3) is 0 Å². The van der Waals surface area contributed by atoms with Crippen LogP contribution in [0.1, 0.15) is 107 Å². The lowest BCUT2D eigenvalue weighted by molar-refractivity contribution is 0.765. The Hall–Kier alpha value is -2.94. The Bertz CT molecular complexity index is 1010. The molecule has 0 aromatic heterocycles. The molecule has 194 valence electrons. The largest absolute Gasteiger partial charge is 0.388 e. The van der Waals surface area contributed by atoms with Gasteiger partial charge in [-0.3, -0.25) is 0 Å². The molecule has 0 saturated heterocycles. The summed E-state index contributed by atoms with van der Waals surface area (Å²) in [6.45, 7) is 18.3. The van der Waals surface area contributed by atoms with E-state index in [1.165, 1.54) is 44.9 Å². The number of anilines is 3. The highest BCUT2D eigenvalue weighted by Crippen LogP contribution is 2.36. The molecule has 0 atom stereocenters. The second kappa shape index (κ2) is 12.3. The minimum atomic E-state index is 0.0225. The molecule has 0 saturated carbocycles. The minimum absolute atomic E-state index is 0.0225. The fourth-order valence-corrected chi connectivity index (χ4v) is 5.08. The van der Waals surface area contributed by atoms with E-state index in [9.17, 15) is 0 Å². The first kappa shape index (κ1) is 27.6. The van der Waals surface area contributed by atoms with Gasteiger partial charge in [0, 0.05) is 30.5 Å². The van der Waals surface area contributed by atoms with Crippen LogP contribution in [0, 0.1) is 0 Å². The predicted octanol–water partition coefficient (Wildman–Crippen LogP) is 9.31. The van der Waals surface area contributed by atoms with Crippen LogP contribution in [0.3, 0.4) is 0 Å². The van der Waals surface area contributed by atoms with Gasteiger partial charge >= 0.3 is 0 Å². The van der Waals surface area contributed by atoms with Gasteiger partial charge in [-0.25, -0.2) is 0 Å². The Morgan fingerprint density at radius 1 is 0.528 bits per heavy atom. The highest BCUT2D eigenvalue weighted by atomic mass is 15.1. The van der Waals surface area contributed by atoms with Gasteiger partial charge in [-0.15, -0.1) is 0 Å². The molecule has 0 spiro atoms. The van der Waals surface area contributed by atoms with Gasteiger partial charge in [0.05, 0.1) is 0 Å². The van der Waals surface area contributed by atoms with E-state index in [4.69, 9.17) is 0 Å². The summed E-state index contributed by atoms with van der Waals surface area (Å²) in [5.74, 6) is 1.74. The Morgan fingerprint density at radius 3 is 1.28 bits per heavy atom. The van der Waals surface area contributed by atoms with Crippen molar-refractivity contribution in [2.75, 3.05) is 23.0 Å². The first-order valence-corrected chi connectivity index (χ1v) is 13.7. The normalized spacial score (nSPS) is 11.7. The molecular weight excluding hydrogens is 438 g/mol. The maximum absolute atomic E-state index is 4.02. The van der Waals surface area contributed by atoms with Gasteiger partial charge in [0.15, 0.2) is 0 Å². The molecule has 0 amide bonds. The first-order chi connectivity index (χ1) is 17.1. The zero-order valence-electron chi connectivity index (χ0n) is 23.9. The van der Waals surface area contributed by atoms with Gasteiger partial charge in [0.2, 0.25) is 0 Å². The van der Waals surface area contributed by atoms with E-state index in [0.29, 0.717) is 23.7 Å². The smallest absolute Gasteiger partial charge is 0.101 e. The third-order valence-corrected chi connectivity index (χ3v) is 7.09. The summed E-state index contributed by atoms with van der Waals surface area (Å²) in [5, 5.41) is 11.4. The van der Waals surface area contributed by atoms with E-state index in [1.807, 2.05) is 7.05 Å². The first-order valence-electron chi connectivity index (χ1n) is 13.7. The van der Waals surface area contributed by atoms with Crippen LogP contribution in [0.5, 0.6) is 0 Å². The number of nitrogens with one attached hydrogen (secondary N) is 3. The van der Waals surface area contributed by atoms with Crippen LogP contribution in [-0.4, -0.2) is 13.2 Å². The van der Waals surface area contributed by atoms with Crippen LogP contribution in [0.2, 0.25) is 0 Å². The Kier molecular flexibility index (Phi) is 9.48. The van der Waals surface area contributed by atoms with Crippen LogP contribution in [-0.2, 0) is 6.42 Å². The Labute approximate surface area is 220 Å². The van der Waals surface area contributed by atoms with E-state index < -0.39 is 0 Å². The molecular formula is C33H47N3. The van der Waals surface area contributed by atoms with E-state index in [1.54, 1.807) is 0 Å². The summed E-state index contributed by atoms with van der Waals surface area (Å²) in [7, 11) is 2.00. The average Bonchev–Trinajstić information content (AvgIpc) is 2.83. The quantitative estimate of drug-likeness (QED) is 0.237. The van der Waals surface area contributed by atoms with Gasteiger partial charge in [0.1, 0.15) is 6.17 Å². The lowest BCUT2D eigenvalue weighted by Crippen LogP contribution is -2.33. The van der Waals surface area contributed by atoms with Gasteiger partial charge in [-0.1, -0.05) is 110 Å². The lowest BCUT2D eigenvalue weighted by Gasteiger charge is -2.31. The number of hydrogen-bond acceptors (Lipinski definition) is 3. The zero-order chi connectivity index (χ0) is 26.4. The lowest BCUT2D eigenvalue weighted by atomic mass is 9.91. The standard InChI is InChI=1S/C33H47N3/c1-21(2)26-15-12-16-27(22(3)4)32(26)35-31(20-25-14-10-11-19-30(25)34-9)36-33-28(23(5)6)17-13-18-29(33)24(7)8/h10-19,21-24,31,34-36H,20H2,1-9H3. The molecule has 0 aliphatic heterocycles. The highest BCUT2D eigenvalue weighted by molar-refractivity contribution is 5.65. The van der Waals surface area contributed by atoms with Crippen molar-refractivity contribution in [3.05, 3.63) is 88.5 Å². The van der Waals surface area contributed by atoms with Crippen LogP contribution in [0.4, 0.5) is 17.1 Å². The molecule has 3 heteroatoms. The summed E-state index contributed by atoms with van der Waals surface area (Å²) in [4.78, 5) is 0. The SMILES string of the molecule is CNc1ccccc1CC(Nc1c(C(C)C)cccc1C(C)C)Nc1c(C(C)C)cccc1C(C)C. The van der Waals surface area contributed by atoms with Crippen LogP contribution in [0.15, 0.2) is 60.7 Å². The van der Waals surface area contributed by atoms with Crippen molar-refractivity contribution in [3.8, 4) is 0 Å². The summed E-state index contributed by atoms with van der Waals surface area (Å²) in [6.07, 6.45) is 0.875. The Balaban J connectivity index is 2.14. The van der Waals surface area contributed by atoms with Crippen molar-refractivity contribution in [3.63, 3.8) is 0 Å². The average molecular weight is 486 g/mol. The van der Waals surface area contributed by atoms with Gasteiger partial charge in [-0.05, 0) is 57.6 Å². The van der Waals surface area contributed by atoms with Gasteiger partial charge in [-0.2, -0.15) is 0 Å². The molecule has 3 rings (SSSR count). The molecule has 0 radical (unpaired) electrons. The summed E-state index contributed by atoms with van der Waals surface area (Å²) in [5.41, 5.74) is 10.5. The van der Waals surface area contributed by atoms with E-state index in [-0.39, 0.29) is 6.17 Å². The van der Waals surface area contributed by atoms with E-state index >= 15 is 0 Å². The summed E-state index contributed by atoms with van der Waals surface area (Å²) in [6, 6.07) is 22.2. The molecule has 3 aromatic carbocycles. The molecule has 0 aliphatic carbocycles. The third-order valence-electron chi connectivity index (χ3n) is 7.09. The number of benzene rings is 3. The van der Waals surface area contributed by atoms with Crippen molar-refractivity contribution >= 4 is 17.1 Å². The van der Waals surface area contributed by atoms with Crippen molar-refractivity contribution in [1.29, 1.82) is 0 Å². The maximum Gasteiger partial charge on any atom is 0.101 e. The van der Waals surface area contributed by atoms with Crippen LogP contribution < -0.4 is 16.0 Å². The second-order valence-electron chi connectivity index (χ2n) is 11.2. The molecule has 0 unspecified atom stereocenters. The molecule has 0 heterocycles. The fourth-order valence-electron chi connectivity index (χ4n) is 5.08. The third kappa shape index (κ3) is 6.43. The highest BCUT2D eigenvalue weighted by Gasteiger charge is 2.22. The van der Waals surface area contributed by atoms with Crippen molar-refractivity contribution in [1.82, 2.24) is 0 Å². The van der Waals surface area contributed by atoms with Crippen molar-refractivity contribution in [2.24, 2.45) is 0 Å². The van der Waals surface area contributed by atoms with Crippen molar-refractivity contribution in [2.45, 2.75) is 91.6 Å². The zero-order valence-corrected chi connectivity index (χ0v) is 23.9. The predicted molar refractivity (Wildman–Crippen MR) is 160 cm³/mol. The molecule has 3 N–H and O–H groups in total. The van der Waals surface area contributed by atoms with Gasteiger partial charge < -0.3 is 16.0 Å². The summed E-state index contributed by atoms with van der Waals surface area (Å²) < 4.78 is 0. The van der Waals surface area contributed by atoms with E-state index in [0.717, 1.165) is 6.42 Å². The minimum Gasteiger partial charge on any atom is -0.388 e. The topological polar surface area (TPSA) is 36.1 Å². The van der Waals surface area contributed by atoms with E-state index in [2.05, 4.69) is 132 Å². The molecule has 0 fully saturated rings. The number of rotatable bonds is 11. The fraction of sp³-hybridized carbons (Fsp3) is 0.455. The molecule has 36 heavy (non-hydrogen) atoms. The Morgan fingerprint density at radius 2 is 0.917 bits per heavy atom. The second-order valence-corrected chi connectivity index (χ2v) is 11.2. The van der Waals surface area contributed by atoms with Crippen LogP contribution in [0.25, 0.3) is 0 Å². The summed E-state index contributed by atoms with van der Waals surface area (Å²) >= 11 is 0. The maximum atomic E-state index is 4.02. The molecule has 3 aromatic rings. The molecule has 0 bridgehead atoms. The van der Waals surface area contributed by atoms with Crippen LogP contribution >= 0.6 is 0 Å². The molecule has 0 aliphatic rings.